The van der Waals surface area contributed by atoms with E-state index in [9.17, 15) is 0 Å². The van der Waals surface area contributed by atoms with Gasteiger partial charge in [0.2, 0.25) is 0 Å². The Morgan fingerprint density at radius 1 is 1.35 bits per heavy atom. The number of nitrogens with zero attached hydrogens (tertiary/aromatic N) is 1. The van der Waals surface area contributed by atoms with Crippen molar-refractivity contribution in [1.82, 2.24) is 4.98 Å². The number of hydrogen-bond donors (Lipinski definition) is 1. The zero-order valence-corrected chi connectivity index (χ0v) is 11.6. The first-order valence-electron chi connectivity index (χ1n) is 6.83. The summed E-state index contributed by atoms with van der Waals surface area (Å²) in [7, 11) is 0. The van der Waals surface area contributed by atoms with Gasteiger partial charge >= 0.3 is 0 Å². The standard InChI is InChI=1S/C16H18N2O2/c1-3-4-11(2)18-16-13-10-15-14(19-7-8-20-15)9-12(13)5-6-17-16/h3,5-6,9-11H,1,4,7-8H2,2H3,(H,17,18). The zero-order valence-electron chi connectivity index (χ0n) is 11.6. The Bertz CT molecular complexity index is 640. The SMILES string of the molecule is C=CCC(C)Nc1nccc2cc3c(cc12)OCCO3. The third-order valence-corrected chi connectivity index (χ3v) is 3.33. The van der Waals surface area contributed by atoms with Gasteiger partial charge in [-0.1, -0.05) is 6.08 Å². The minimum atomic E-state index is 0.291. The molecule has 0 bridgehead atoms. The van der Waals surface area contributed by atoms with Crippen LogP contribution in [-0.4, -0.2) is 24.2 Å². The Morgan fingerprint density at radius 3 is 2.85 bits per heavy atom. The highest BCUT2D eigenvalue weighted by Crippen LogP contribution is 2.36. The number of rotatable bonds is 4. The number of anilines is 1. The smallest absolute Gasteiger partial charge is 0.162 e. The van der Waals surface area contributed by atoms with E-state index in [1.165, 1.54) is 0 Å². The largest absolute Gasteiger partial charge is 0.486 e. The number of pyridine rings is 1. The van der Waals surface area contributed by atoms with Crippen LogP contribution < -0.4 is 14.8 Å². The lowest BCUT2D eigenvalue weighted by Crippen LogP contribution is -2.16. The number of aromatic nitrogens is 1. The first-order chi connectivity index (χ1) is 9.78. The lowest BCUT2D eigenvalue weighted by Gasteiger charge is -2.20. The number of hydrogen-bond acceptors (Lipinski definition) is 4. The second-order valence-electron chi connectivity index (χ2n) is 4.95. The van der Waals surface area contributed by atoms with Crippen molar-refractivity contribution in [3.63, 3.8) is 0 Å². The number of nitrogens with one attached hydrogen (secondary N) is 1. The van der Waals surface area contributed by atoms with E-state index in [0.717, 1.165) is 34.5 Å². The lowest BCUT2D eigenvalue weighted by molar-refractivity contribution is 0.172. The second-order valence-corrected chi connectivity index (χ2v) is 4.95. The number of benzene rings is 1. The van der Waals surface area contributed by atoms with Crippen LogP contribution in [0.5, 0.6) is 11.5 Å². The highest BCUT2D eigenvalue weighted by Gasteiger charge is 2.15. The maximum Gasteiger partial charge on any atom is 0.162 e. The molecule has 4 heteroatoms. The molecule has 0 fully saturated rings. The molecule has 104 valence electrons. The minimum absolute atomic E-state index is 0.291. The molecule has 0 aliphatic carbocycles. The van der Waals surface area contributed by atoms with Crippen LogP contribution in [0, 0.1) is 0 Å². The maximum atomic E-state index is 5.64. The second kappa shape index (κ2) is 5.41. The minimum Gasteiger partial charge on any atom is -0.486 e. The predicted octanol–water partition coefficient (Wildman–Crippen LogP) is 3.38. The monoisotopic (exact) mass is 270 g/mol. The van der Waals surface area contributed by atoms with Crippen LogP contribution in [0.25, 0.3) is 10.8 Å². The highest BCUT2D eigenvalue weighted by atomic mass is 16.6. The summed E-state index contributed by atoms with van der Waals surface area (Å²) in [5.74, 6) is 2.46. The Kier molecular flexibility index (Phi) is 3.46. The molecule has 3 rings (SSSR count). The average molecular weight is 270 g/mol. The first-order valence-corrected chi connectivity index (χ1v) is 6.83. The fourth-order valence-corrected chi connectivity index (χ4v) is 2.37. The lowest BCUT2D eigenvalue weighted by atomic mass is 10.1. The maximum absolute atomic E-state index is 5.64. The Balaban J connectivity index is 2.02. The van der Waals surface area contributed by atoms with Crippen LogP contribution in [-0.2, 0) is 0 Å². The van der Waals surface area contributed by atoms with E-state index in [1.54, 1.807) is 6.20 Å². The van der Waals surface area contributed by atoms with Crippen molar-refractivity contribution in [2.75, 3.05) is 18.5 Å². The van der Waals surface area contributed by atoms with Crippen molar-refractivity contribution in [2.45, 2.75) is 19.4 Å². The fourth-order valence-electron chi connectivity index (χ4n) is 2.37. The molecule has 20 heavy (non-hydrogen) atoms. The van der Waals surface area contributed by atoms with Crippen molar-refractivity contribution < 1.29 is 9.47 Å². The summed E-state index contributed by atoms with van der Waals surface area (Å²) in [5, 5.41) is 5.56. The molecule has 1 aliphatic heterocycles. The van der Waals surface area contributed by atoms with Gasteiger partial charge in [-0.2, -0.15) is 0 Å². The summed E-state index contributed by atoms with van der Waals surface area (Å²) >= 11 is 0. The van der Waals surface area contributed by atoms with E-state index in [2.05, 4.69) is 23.8 Å². The van der Waals surface area contributed by atoms with E-state index in [4.69, 9.17) is 9.47 Å². The molecule has 2 aromatic rings. The van der Waals surface area contributed by atoms with E-state index in [0.29, 0.717) is 19.3 Å². The van der Waals surface area contributed by atoms with Gasteiger partial charge in [-0.3, -0.25) is 0 Å². The van der Waals surface area contributed by atoms with Crippen molar-refractivity contribution in [3.8, 4) is 11.5 Å². The number of fused-ring (bicyclic) bond motifs is 2. The van der Waals surface area contributed by atoms with E-state index < -0.39 is 0 Å². The van der Waals surface area contributed by atoms with E-state index >= 15 is 0 Å². The fraction of sp³-hybridized carbons (Fsp3) is 0.312. The predicted molar refractivity (Wildman–Crippen MR) is 80.6 cm³/mol. The van der Waals surface area contributed by atoms with Crippen LogP contribution >= 0.6 is 0 Å². The van der Waals surface area contributed by atoms with Gasteiger partial charge in [0, 0.05) is 17.6 Å². The van der Waals surface area contributed by atoms with Crippen LogP contribution in [0.2, 0.25) is 0 Å². The molecule has 0 amide bonds. The van der Waals surface area contributed by atoms with Gasteiger partial charge in [-0.25, -0.2) is 4.98 Å². The summed E-state index contributed by atoms with van der Waals surface area (Å²) in [6, 6.07) is 6.28. The Morgan fingerprint density at radius 2 is 2.10 bits per heavy atom. The summed E-state index contributed by atoms with van der Waals surface area (Å²) in [6.07, 6.45) is 4.60. The molecule has 1 aromatic heterocycles. The molecule has 1 N–H and O–H groups in total. The Hall–Kier alpha value is -2.23. The molecule has 1 aliphatic rings. The summed E-state index contributed by atoms with van der Waals surface area (Å²) in [6.45, 7) is 7.07. The summed E-state index contributed by atoms with van der Waals surface area (Å²) in [5.41, 5.74) is 0. The molecule has 0 saturated heterocycles. The normalized spacial score (nSPS) is 14.8. The van der Waals surface area contributed by atoms with Gasteiger partial charge in [0.05, 0.1) is 0 Å². The summed E-state index contributed by atoms with van der Waals surface area (Å²) < 4.78 is 11.3. The van der Waals surface area contributed by atoms with Gasteiger partial charge < -0.3 is 14.8 Å². The molecule has 0 spiro atoms. The van der Waals surface area contributed by atoms with Crippen molar-refractivity contribution >= 4 is 16.6 Å². The highest BCUT2D eigenvalue weighted by molar-refractivity contribution is 5.94. The molecule has 0 saturated carbocycles. The molecule has 1 unspecified atom stereocenters. The van der Waals surface area contributed by atoms with Crippen molar-refractivity contribution in [3.05, 3.63) is 37.1 Å². The molecular formula is C16H18N2O2. The quantitative estimate of drug-likeness (QED) is 0.865. The Labute approximate surface area is 118 Å². The third kappa shape index (κ3) is 2.41. The van der Waals surface area contributed by atoms with Gasteiger partial charge in [0.15, 0.2) is 11.5 Å². The molecule has 2 heterocycles. The van der Waals surface area contributed by atoms with Gasteiger partial charge in [0.1, 0.15) is 19.0 Å². The van der Waals surface area contributed by atoms with Crippen molar-refractivity contribution in [2.24, 2.45) is 0 Å². The van der Waals surface area contributed by atoms with Crippen LogP contribution in [0.3, 0.4) is 0 Å². The molecular weight excluding hydrogens is 252 g/mol. The van der Waals surface area contributed by atoms with Gasteiger partial charge in [-0.15, -0.1) is 6.58 Å². The van der Waals surface area contributed by atoms with Gasteiger partial charge in [-0.05, 0) is 36.9 Å². The van der Waals surface area contributed by atoms with Crippen molar-refractivity contribution in [1.29, 1.82) is 0 Å². The molecule has 4 nitrogen and oxygen atoms in total. The third-order valence-electron chi connectivity index (χ3n) is 3.33. The average Bonchev–Trinajstić information content (AvgIpc) is 2.46. The molecule has 0 radical (unpaired) electrons. The van der Waals surface area contributed by atoms with E-state index in [1.807, 2.05) is 24.3 Å². The topological polar surface area (TPSA) is 43.4 Å². The van der Waals surface area contributed by atoms with Gasteiger partial charge in [0.25, 0.3) is 0 Å². The van der Waals surface area contributed by atoms with Crippen LogP contribution in [0.15, 0.2) is 37.1 Å². The van der Waals surface area contributed by atoms with E-state index in [-0.39, 0.29) is 0 Å². The van der Waals surface area contributed by atoms with Crippen LogP contribution in [0.1, 0.15) is 13.3 Å². The first kappa shape index (κ1) is 12.8. The summed E-state index contributed by atoms with van der Waals surface area (Å²) in [4.78, 5) is 4.44. The molecule has 1 atom stereocenters. The zero-order chi connectivity index (χ0) is 13.9. The van der Waals surface area contributed by atoms with Crippen LogP contribution in [0.4, 0.5) is 5.82 Å². The number of ether oxygens (including phenoxy) is 2. The molecule has 1 aromatic carbocycles.